The SMILES string of the molecule is CCCCCCCCCCCCCCCCNc1ccc(C(=O)C(C(=O)[O-])C(=O)[O-])cc1F. The number of carbonyl (C=O) groups is 3. The molecule has 0 spiro atoms. The Bertz CT molecular complexity index is 723. The highest BCUT2D eigenvalue weighted by atomic mass is 19.1. The van der Waals surface area contributed by atoms with Crippen LogP contribution < -0.4 is 15.5 Å². The summed E-state index contributed by atoms with van der Waals surface area (Å²) in [5.74, 6) is -8.64. The number of nitrogens with one attached hydrogen (secondary N) is 1. The molecule has 0 radical (unpaired) electrons. The lowest BCUT2D eigenvalue weighted by Crippen LogP contribution is -2.47. The standard InChI is InChI=1S/C26H40FNO5/c1-2-3-4-5-6-7-8-9-10-11-12-13-14-15-18-28-22-17-16-20(19-21(22)27)24(29)23(25(30)31)26(32)33/h16-17,19,23,28H,2-15,18H2,1H3,(H,30,31)(H,32,33)/p-2. The maximum Gasteiger partial charge on any atom is 0.177 e. The van der Waals surface area contributed by atoms with Gasteiger partial charge in [0.2, 0.25) is 0 Å². The van der Waals surface area contributed by atoms with Gasteiger partial charge in [-0.05, 0) is 24.6 Å². The summed E-state index contributed by atoms with van der Waals surface area (Å²) in [4.78, 5) is 33.6. The first-order valence-corrected chi connectivity index (χ1v) is 12.4. The molecule has 186 valence electrons. The average Bonchev–Trinajstić information content (AvgIpc) is 2.76. The molecule has 1 rings (SSSR count). The number of carbonyl (C=O) groups excluding carboxylic acids is 3. The molecule has 0 amide bonds. The van der Waals surface area contributed by atoms with Crippen LogP contribution in [0.25, 0.3) is 0 Å². The van der Waals surface area contributed by atoms with Gasteiger partial charge in [0.25, 0.3) is 0 Å². The number of halogens is 1. The summed E-state index contributed by atoms with van der Waals surface area (Å²) in [7, 11) is 0. The van der Waals surface area contributed by atoms with E-state index >= 15 is 0 Å². The predicted octanol–water partition coefficient (Wildman–Crippen LogP) is 4.02. The summed E-state index contributed by atoms with van der Waals surface area (Å²) in [5, 5.41) is 24.6. The van der Waals surface area contributed by atoms with Gasteiger partial charge >= 0.3 is 0 Å². The Morgan fingerprint density at radius 2 is 1.24 bits per heavy atom. The van der Waals surface area contributed by atoms with Crippen molar-refractivity contribution in [1.29, 1.82) is 0 Å². The van der Waals surface area contributed by atoms with Gasteiger partial charge in [-0.2, -0.15) is 0 Å². The van der Waals surface area contributed by atoms with Gasteiger partial charge in [-0.15, -0.1) is 0 Å². The molecule has 7 heteroatoms. The molecule has 1 aromatic carbocycles. The number of carboxylic acid groups (broad SMARTS) is 2. The van der Waals surface area contributed by atoms with Crippen molar-refractivity contribution in [3.8, 4) is 0 Å². The fourth-order valence-electron chi connectivity index (χ4n) is 3.83. The minimum atomic E-state index is -2.46. The lowest BCUT2D eigenvalue weighted by Gasteiger charge is -2.18. The van der Waals surface area contributed by atoms with Crippen LogP contribution in [-0.4, -0.2) is 24.3 Å². The van der Waals surface area contributed by atoms with Crippen molar-refractivity contribution in [3.05, 3.63) is 29.6 Å². The zero-order valence-corrected chi connectivity index (χ0v) is 19.8. The summed E-state index contributed by atoms with van der Waals surface area (Å²) in [6, 6.07) is 3.32. The van der Waals surface area contributed by atoms with Crippen LogP contribution in [0, 0.1) is 11.7 Å². The average molecular weight is 464 g/mol. The van der Waals surface area contributed by atoms with Gasteiger partial charge in [0.15, 0.2) is 5.78 Å². The van der Waals surface area contributed by atoms with E-state index in [-0.39, 0.29) is 11.3 Å². The molecule has 0 saturated heterocycles. The molecule has 33 heavy (non-hydrogen) atoms. The normalized spacial score (nSPS) is 11.0. The molecule has 0 saturated carbocycles. The third-order valence-corrected chi connectivity index (χ3v) is 5.83. The van der Waals surface area contributed by atoms with E-state index in [0.29, 0.717) is 6.54 Å². The molecule has 0 aliphatic carbocycles. The van der Waals surface area contributed by atoms with Crippen molar-refractivity contribution in [3.63, 3.8) is 0 Å². The Kier molecular flexibility index (Phi) is 14.8. The van der Waals surface area contributed by atoms with Crippen LogP contribution in [0.2, 0.25) is 0 Å². The Hall–Kier alpha value is -2.44. The molecular weight excluding hydrogens is 425 g/mol. The summed E-state index contributed by atoms with van der Waals surface area (Å²) < 4.78 is 14.2. The Balaban J connectivity index is 2.15. The number of rotatable bonds is 20. The molecule has 0 aliphatic heterocycles. The van der Waals surface area contributed by atoms with E-state index in [9.17, 15) is 29.0 Å². The molecule has 0 aliphatic rings. The van der Waals surface area contributed by atoms with E-state index in [4.69, 9.17) is 0 Å². The van der Waals surface area contributed by atoms with E-state index in [1.54, 1.807) is 0 Å². The van der Waals surface area contributed by atoms with E-state index in [1.165, 1.54) is 82.8 Å². The largest absolute Gasteiger partial charge is 0.549 e. The van der Waals surface area contributed by atoms with Crippen molar-refractivity contribution >= 4 is 23.4 Å². The number of ketones is 1. The highest BCUT2D eigenvalue weighted by Crippen LogP contribution is 2.19. The summed E-state index contributed by atoms with van der Waals surface area (Å²) >= 11 is 0. The van der Waals surface area contributed by atoms with Crippen molar-refractivity contribution in [2.45, 2.75) is 96.8 Å². The van der Waals surface area contributed by atoms with Crippen LogP contribution in [0.5, 0.6) is 0 Å². The number of benzene rings is 1. The second kappa shape index (κ2) is 17.1. The van der Waals surface area contributed by atoms with Gasteiger partial charge in [0.05, 0.1) is 17.6 Å². The third kappa shape index (κ3) is 11.8. The zero-order chi connectivity index (χ0) is 24.5. The van der Waals surface area contributed by atoms with Gasteiger partial charge in [-0.1, -0.05) is 90.4 Å². The second-order valence-electron chi connectivity index (χ2n) is 8.65. The number of hydrogen-bond acceptors (Lipinski definition) is 6. The molecule has 0 atom stereocenters. The van der Waals surface area contributed by atoms with Gasteiger partial charge in [0.1, 0.15) is 11.7 Å². The maximum atomic E-state index is 14.2. The Morgan fingerprint density at radius 1 is 0.788 bits per heavy atom. The van der Waals surface area contributed by atoms with Crippen LogP contribution in [-0.2, 0) is 9.59 Å². The monoisotopic (exact) mass is 463 g/mol. The van der Waals surface area contributed by atoms with Crippen LogP contribution in [0.15, 0.2) is 18.2 Å². The molecule has 0 fully saturated rings. The smallest absolute Gasteiger partial charge is 0.177 e. The molecule has 1 aromatic rings. The summed E-state index contributed by atoms with van der Waals surface area (Å²) in [6.07, 6.45) is 17.6. The summed E-state index contributed by atoms with van der Waals surface area (Å²) in [6.45, 7) is 2.81. The Labute approximate surface area is 197 Å². The quantitative estimate of drug-likeness (QED) is 0.178. The second-order valence-corrected chi connectivity index (χ2v) is 8.65. The highest BCUT2D eigenvalue weighted by molar-refractivity contribution is 6.19. The predicted molar refractivity (Wildman–Crippen MR) is 123 cm³/mol. The number of aliphatic carboxylic acids is 2. The highest BCUT2D eigenvalue weighted by Gasteiger charge is 2.23. The van der Waals surface area contributed by atoms with Crippen LogP contribution >= 0.6 is 0 Å². The fraction of sp³-hybridized carbons (Fsp3) is 0.654. The van der Waals surface area contributed by atoms with Crippen molar-refractivity contribution in [2.24, 2.45) is 5.92 Å². The summed E-state index contributed by atoms with van der Waals surface area (Å²) in [5.41, 5.74) is -0.173. The number of anilines is 1. The van der Waals surface area contributed by atoms with Gasteiger partial charge in [-0.25, -0.2) is 4.39 Å². The minimum Gasteiger partial charge on any atom is -0.549 e. The van der Waals surface area contributed by atoms with Gasteiger partial charge < -0.3 is 25.1 Å². The van der Waals surface area contributed by atoms with Crippen LogP contribution in [0.3, 0.4) is 0 Å². The number of Topliss-reactive ketones (excluding diaryl/α,β-unsaturated/α-hetero) is 1. The van der Waals surface area contributed by atoms with Crippen molar-refractivity contribution in [2.75, 3.05) is 11.9 Å². The maximum absolute atomic E-state index is 14.2. The number of carboxylic acids is 2. The van der Waals surface area contributed by atoms with Crippen LogP contribution in [0.4, 0.5) is 10.1 Å². The topological polar surface area (TPSA) is 109 Å². The zero-order valence-electron chi connectivity index (χ0n) is 19.8. The first kappa shape index (κ1) is 28.6. The molecule has 0 bridgehead atoms. The Morgan fingerprint density at radius 3 is 1.67 bits per heavy atom. The van der Waals surface area contributed by atoms with E-state index in [1.807, 2.05) is 0 Å². The molecule has 1 N–H and O–H groups in total. The molecule has 0 unspecified atom stereocenters. The molecule has 6 nitrogen and oxygen atoms in total. The van der Waals surface area contributed by atoms with Gasteiger partial charge in [-0.3, -0.25) is 4.79 Å². The molecule has 0 heterocycles. The number of unbranched alkanes of at least 4 members (excludes halogenated alkanes) is 13. The van der Waals surface area contributed by atoms with E-state index in [0.717, 1.165) is 25.3 Å². The third-order valence-electron chi connectivity index (χ3n) is 5.83. The first-order chi connectivity index (χ1) is 15.9. The lowest BCUT2D eigenvalue weighted by atomic mass is 9.97. The van der Waals surface area contributed by atoms with Crippen LogP contribution in [0.1, 0.15) is 107 Å². The molecular formula is C26H38FNO5-2. The van der Waals surface area contributed by atoms with Gasteiger partial charge in [0, 0.05) is 12.1 Å². The molecule has 0 aromatic heterocycles. The number of hydrogen-bond donors (Lipinski definition) is 1. The minimum absolute atomic E-state index is 0.180. The van der Waals surface area contributed by atoms with Crippen molar-refractivity contribution < 1.29 is 29.0 Å². The fourth-order valence-corrected chi connectivity index (χ4v) is 3.83. The lowest BCUT2D eigenvalue weighted by molar-refractivity contribution is -0.328. The van der Waals surface area contributed by atoms with E-state index < -0.39 is 29.5 Å². The van der Waals surface area contributed by atoms with Crippen molar-refractivity contribution in [1.82, 2.24) is 0 Å². The first-order valence-electron chi connectivity index (χ1n) is 12.4. The van der Waals surface area contributed by atoms with E-state index in [2.05, 4.69) is 12.2 Å².